The second kappa shape index (κ2) is 7.63. The summed E-state index contributed by atoms with van der Waals surface area (Å²) < 4.78 is 27.1. The van der Waals surface area contributed by atoms with Crippen molar-refractivity contribution >= 4 is 0 Å². The smallest absolute Gasteiger partial charge is 0.188 e. The Labute approximate surface area is 146 Å². The van der Waals surface area contributed by atoms with Crippen LogP contribution in [0.2, 0.25) is 0 Å². The van der Waals surface area contributed by atoms with Gasteiger partial charge in [-0.2, -0.15) is 0 Å². The molecule has 1 N–H and O–H groups in total. The lowest BCUT2D eigenvalue weighted by Gasteiger charge is -2.32. The monoisotopic (exact) mass is 346 g/mol. The van der Waals surface area contributed by atoms with Gasteiger partial charge in [-0.25, -0.2) is 0 Å². The van der Waals surface area contributed by atoms with Gasteiger partial charge < -0.3 is 28.8 Å². The summed E-state index contributed by atoms with van der Waals surface area (Å²) in [4.78, 5) is 0. The van der Waals surface area contributed by atoms with Gasteiger partial charge in [0.05, 0.1) is 20.3 Å². The van der Waals surface area contributed by atoms with Crippen LogP contribution < -0.4 is 18.9 Å². The lowest BCUT2D eigenvalue weighted by atomic mass is 9.94. The van der Waals surface area contributed by atoms with E-state index >= 15 is 0 Å². The van der Waals surface area contributed by atoms with E-state index in [1.165, 1.54) is 0 Å². The van der Waals surface area contributed by atoms with Crippen molar-refractivity contribution in [2.45, 2.75) is 18.6 Å². The van der Waals surface area contributed by atoms with E-state index in [-0.39, 0.29) is 6.79 Å². The van der Waals surface area contributed by atoms with E-state index in [1.807, 2.05) is 24.3 Å². The number of hydrogen-bond acceptors (Lipinski definition) is 6. The van der Waals surface area contributed by atoms with Gasteiger partial charge in [-0.1, -0.05) is 12.1 Å². The van der Waals surface area contributed by atoms with Gasteiger partial charge in [0.1, 0.15) is 29.1 Å². The Morgan fingerprint density at radius 1 is 1.04 bits per heavy atom. The fraction of sp³-hybridized carbons (Fsp3) is 0.368. The number of hydrogen-bond donors (Lipinski definition) is 1. The van der Waals surface area contributed by atoms with Crippen molar-refractivity contribution in [3.63, 3.8) is 0 Å². The topological polar surface area (TPSA) is 66.4 Å². The number of aliphatic hydroxyl groups excluding tert-OH is 1. The molecular formula is C19H22O6. The highest BCUT2D eigenvalue weighted by atomic mass is 16.7. The van der Waals surface area contributed by atoms with Crippen molar-refractivity contribution in [3.8, 4) is 23.0 Å². The van der Waals surface area contributed by atoms with E-state index in [0.29, 0.717) is 23.7 Å². The SMILES string of the molecule is COCOc1cc(OC)c2c(c1)O[C@H](c1ccc(OC)cc1)[C@@H](O)C2. The van der Waals surface area contributed by atoms with Gasteiger partial charge in [0.15, 0.2) is 6.79 Å². The lowest BCUT2D eigenvalue weighted by Crippen LogP contribution is -2.30. The molecule has 0 aliphatic carbocycles. The van der Waals surface area contributed by atoms with E-state index in [4.69, 9.17) is 23.7 Å². The molecule has 1 heterocycles. The minimum absolute atomic E-state index is 0.131. The number of ether oxygens (including phenoxy) is 5. The molecule has 0 radical (unpaired) electrons. The summed E-state index contributed by atoms with van der Waals surface area (Å²) >= 11 is 0. The molecule has 0 aromatic heterocycles. The molecule has 2 aromatic carbocycles. The summed E-state index contributed by atoms with van der Waals surface area (Å²) in [6.45, 7) is 0.131. The molecule has 0 amide bonds. The van der Waals surface area contributed by atoms with Crippen LogP contribution in [0.3, 0.4) is 0 Å². The zero-order chi connectivity index (χ0) is 17.8. The molecule has 134 valence electrons. The highest BCUT2D eigenvalue weighted by Gasteiger charge is 2.32. The summed E-state index contributed by atoms with van der Waals surface area (Å²) in [5.41, 5.74) is 1.70. The predicted molar refractivity (Wildman–Crippen MR) is 91.6 cm³/mol. The number of aliphatic hydroxyl groups is 1. The van der Waals surface area contributed by atoms with Crippen molar-refractivity contribution < 1.29 is 28.8 Å². The maximum absolute atomic E-state index is 10.6. The molecule has 0 fully saturated rings. The standard InChI is InChI=1S/C19H22O6/c1-21-11-24-14-8-17(23-3)15-10-16(20)19(25-18(15)9-14)12-4-6-13(22-2)7-5-12/h4-9,16,19-20H,10-11H2,1-3H3/t16-,19+/m0/s1. The first-order chi connectivity index (χ1) is 12.2. The van der Waals surface area contributed by atoms with Crippen molar-refractivity contribution in [3.05, 3.63) is 47.5 Å². The molecule has 25 heavy (non-hydrogen) atoms. The van der Waals surface area contributed by atoms with Crippen LogP contribution >= 0.6 is 0 Å². The van der Waals surface area contributed by atoms with Gasteiger partial charge in [0.25, 0.3) is 0 Å². The van der Waals surface area contributed by atoms with Gasteiger partial charge in [0.2, 0.25) is 0 Å². The van der Waals surface area contributed by atoms with E-state index in [1.54, 1.807) is 33.5 Å². The Morgan fingerprint density at radius 3 is 2.44 bits per heavy atom. The molecule has 0 saturated heterocycles. The summed E-state index contributed by atoms with van der Waals surface area (Å²) in [7, 11) is 4.75. The van der Waals surface area contributed by atoms with Gasteiger partial charge in [-0.15, -0.1) is 0 Å². The summed E-state index contributed by atoms with van der Waals surface area (Å²) in [5, 5.41) is 10.6. The maximum Gasteiger partial charge on any atom is 0.188 e. The zero-order valence-electron chi connectivity index (χ0n) is 14.5. The van der Waals surface area contributed by atoms with Crippen LogP contribution in [0.25, 0.3) is 0 Å². The van der Waals surface area contributed by atoms with E-state index in [2.05, 4.69) is 0 Å². The molecule has 3 rings (SSSR count). The minimum atomic E-state index is -0.680. The molecule has 6 nitrogen and oxygen atoms in total. The predicted octanol–water partition coefficient (Wildman–Crippen LogP) is 2.72. The molecule has 0 saturated carbocycles. The van der Waals surface area contributed by atoms with Gasteiger partial charge >= 0.3 is 0 Å². The number of fused-ring (bicyclic) bond motifs is 1. The molecule has 0 spiro atoms. The Hall–Kier alpha value is -2.44. The molecule has 6 heteroatoms. The Morgan fingerprint density at radius 2 is 1.80 bits per heavy atom. The first-order valence-corrected chi connectivity index (χ1v) is 7.97. The number of benzene rings is 2. The highest BCUT2D eigenvalue weighted by molar-refractivity contribution is 5.52. The van der Waals surface area contributed by atoms with Gasteiger partial charge in [-0.3, -0.25) is 0 Å². The summed E-state index contributed by atoms with van der Waals surface area (Å²) in [5.74, 6) is 2.60. The normalized spacial score (nSPS) is 18.9. The van der Waals surface area contributed by atoms with Crippen LogP contribution in [0.15, 0.2) is 36.4 Å². The highest BCUT2D eigenvalue weighted by Crippen LogP contribution is 2.42. The quantitative estimate of drug-likeness (QED) is 0.812. The van der Waals surface area contributed by atoms with Crippen LogP contribution in [0.1, 0.15) is 17.2 Å². The molecule has 2 atom stereocenters. The zero-order valence-corrected chi connectivity index (χ0v) is 14.5. The lowest BCUT2D eigenvalue weighted by molar-refractivity contribution is 0.0187. The fourth-order valence-corrected chi connectivity index (χ4v) is 2.91. The fourth-order valence-electron chi connectivity index (χ4n) is 2.91. The Balaban J connectivity index is 1.91. The molecule has 1 aliphatic heterocycles. The maximum atomic E-state index is 10.6. The second-order valence-electron chi connectivity index (χ2n) is 5.74. The molecule has 0 bridgehead atoms. The Kier molecular flexibility index (Phi) is 5.31. The van der Waals surface area contributed by atoms with Crippen LogP contribution in [-0.2, 0) is 11.2 Å². The van der Waals surface area contributed by atoms with Gasteiger partial charge in [0, 0.05) is 31.2 Å². The molecular weight excluding hydrogens is 324 g/mol. The van der Waals surface area contributed by atoms with Crippen LogP contribution in [0.5, 0.6) is 23.0 Å². The molecule has 0 unspecified atom stereocenters. The van der Waals surface area contributed by atoms with E-state index < -0.39 is 12.2 Å². The summed E-state index contributed by atoms with van der Waals surface area (Å²) in [6, 6.07) is 11.0. The Bertz CT molecular complexity index is 713. The van der Waals surface area contributed by atoms with Crippen molar-refractivity contribution in [2.75, 3.05) is 28.1 Å². The van der Waals surface area contributed by atoms with Gasteiger partial charge in [-0.05, 0) is 17.7 Å². The first-order valence-electron chi connectivity index (χ1n) is 7.97. The third-order valence-corrected chi connectivity index (χ3v) is 4.17. The third-order valence-electron chi connectivity index (χ3n) is 4.17. The number of methoxy groups -OCH3 is 3. The van der Waals surface area contributed by atoms with Crippen LogP contribution in [0, 0.1) is 0 Å². The van der Waals surface area contributed by atoms with Crippen molar-refractivity contribution in [1.82, 2.24) is 0 Å². The van der Waals surface area contributed by atoms with E-state index in [9.17, 15) is 5.11 Å². The van der Waals surface area contributed by atoms with Crippen LogP contribution in [-0.4, -0.2) is 39.3 Å². The second-order valence-corrected chi connectivity index (χ2v) is 5.74. The average Bonchev–Trinajstić information content (AvgIpc) is 2.65. The average molecular weight is 346 g/mol. The van der Waals surface area contributed by atoms with Crippen molar-refractivity contribution in [1.29, 1.82) is 0 Å². The number of rotatable bonds is 6. The first kappa shape index (κ1) is 17.4. The largest absolute Gasteiger partial charge is 0.497 e. The summed E-state index contributed by atoms with van der Waals surface area (Å²) in [6.07, 6.45) is -0.721. The van der Waals surface area contributed by atoms with E-state index in [0.717, 1.165) is 16.9 Å². The minimum Gasteiger partial charge on any atom is -0.497 e. The van der Waals surface area contributed by atoms with Crippen LogP contribution in [0.4, 0.5) is 0 Å². The molecule has 2 aromatic rings. The van der Waals surface area contributed by atoms with Crippen molar-refractivity contribution in [2.24, 2.45) is 0 Å². The molecule has 1 aliphatic rings. The third kappa shape index (κ3) is 3.65.